The van der Waals surface area contributed by atoms with Crippen LogP contribution in [0.15, 0.2) is 97.1 Å². The van der Waals surface area contributed by atoms with Crippen LogP contribution in [0.5, 0.6) is 5.75 Å². The summed E-state index contributed by atoms with van der Waals surface area (Å²) in [6.45, 7) is 0. The van der Waals surface area contributed by atoms with E-state index in [0.29, 0.717) is 0 Å². The predicted octanol–water partition coefficient (Wildman–Crippen LogP) is 6.26. The summed E-state index contributed by atoms with van der Waals surface area (Å²) in [6.07, 6.45) is 0. The van der Waals surface area contributed by atoms with Crippen molar-refractivity contribution in [3.63, 3.8) is 0 Å². The number of aromatic nitrogens is 1. The van der Waals surface area contributed by atoms with Crippen LogP contribution in [-0.2, 0) is 0 Å². The van der Waals surface area contributed by atoms with Gasteiger partial charge in [-0.25, -0.2) is 0 Å². The average molecular weight is 364 g/mol. The molecular weight excluding hydrogens is 344 g/mol. The first-order valence-corrected chi connectivity index (χ1v) is 9.34. The minimum Gasteiger partial charge on any atom is -0.508 e. The molecule has 0 spiro atoms. The number of anilines is 2. The number of hydrogen-bond acceptors (Lipinski definition) is 2. The zero-order chi connectivity index (χ0) is 19.1. The third kappa shape index (κ3) is 2.60. The van der Waals surface area contributed by atoms with Gasteiger partial charge in [0, 0.05) is 34.9 Å². The first-order valence-electron chi connectivity index (χ1n) is 9.34. The molecule has 0 atom stereocenters. The zero-order valence-corrected chi connectivity index (χ0v) is 15.6. The Morgan fingerprint density at radius 1 is 0.643 bits per heavy atom. The van der Waals surface area contributed by atoms with Gasteiger partial charge in [0.1, 0.15) is 5.75 Å². The van der Waals surface area contributed by atoms with Crippen LogP contribution in [0.25, 0.3) is 27.5 Å². The van der Waals surface area contributed by atoms with Gasteiger partial charge in [-0.2, -0.15) is 0 Å². The summed E-state index contributed by atoms with van der Waals surface area (Å²) in [5, 5.41) is 12.3. The molecule has 0 fully saturated rings. The number of hydrogen-bond donors (Lipinski definition) is 1. The minimum atomic E-state index is 0.279. The van der Waals surface area contributed by atoms with Crippen molar-refractivity contribution in [2.45, 2.75) is 0 Å². The number of rotatable bonds is 3. The number of nitrogens with zero attached hydrogens (tertiary/aromatic N) is 2. The minimum absolute atomic E-state index is 0.279. The topological polar surface area (TPSA) is 28.4 Å². The Morgan fingerprint density at radius 3 is 1.96 bits per heavy atom. The van der Waals surface area contributed by atoms with Gasteiger partial charge < -0.3 is 14.6 Å². The lowest BCUT2D eigenvalue weighted by Crippen LogP contribution is -2.08. The molecule has 3 nitrogen and oxygen atoms in total. The molecule has 1 aromatic heterocycles. The lowest BCUT2D eigenvalue weighted by Gasteiger charge is -2.19. The SMILES string of the molecule is CN(c1ccccc1)c1ccc2c(c1)c1cc(O)ccc1n2-c1ccccc1. The molecule has 0 aliphatic heterocycles. The monoisotopic (exact) mass is 364 g/mol. The Balaban J connectivity index is 1.78. The molecule has 5 aromatic rings. The summed E-state index contributed by atoms with van der Waals surface area (Å²) >= 11 is 0. The van der Waals surface area contributed by atoms with E-state index in [0.717, 1.165) is 38.9 Å². The maximum Gasteiger partial charge on any atom is 0.116 e. The van der Waals surface area contributed by atoms with Crippen LogP contribution in [0, 0.1) is 0 Å². The first-order chi connectivity index (χ1) is 13.7. The summed E-state index contributed by atoms with van der Waals surface area (Å²) in [6, 6.07) is 32.7. The molecule has 4 aromatic carbocycles. The molecule has 0 saturated heterocycles. The second-order valence-electron chi connectivity index (χ2n) is 6.97. The second-order valence-corrected chi connectivity index (χ2v) is 6.97. The van der Waals surface area contributed by atoms with Crippen molar-refractivity contribution in [3.8, 4) is 11.4 Å². The fourth-order valence-corrected chi connectivity index (χ4v) is 3.86. The quantitative estimate of drug-likeness (QED) is 0.409. The fourth-order valence-electron chi connectivity index (χ4n) is 3.86. The van der Waals surface area contributed by atoms with Crippen LogP contribution in [0.1, 0.15) is 0 Å². The van der Waals surface area contributed by atoms with E-state index in [9.17, 15) is 5.11 Å². The van der Waals surface area contributed by atoms with E-state index < -0.39 is 0 Å². The van der Waals surface area contributed by atoms with Gasteiger partial charge in [0.05, 0.1) is 11.0 Å². The second kappa shape index (κ2) is 6.46. The van der Waals surface area contributed by atoms with Gasteiger partial charge in [-0.1, -0.05) is 36.4 Å². The third-order valence-electron chi connectivity index (χ3n) is 5.28. The number of fused-ring (bicyclic) bond motifs is 3. The molecule has 0 amide bonds. The molecule has 5 rings (SSSR count). The van der Waals surface area contributed by atoms with E-state index in [4.69, 9.17) is 0 Å². The summed E-state index contributed by atoms with van der Waals surface area (Å²) < 4.78 is 2.25. The maximum absolute atomic E-state index is 10.1. The predicted molar refractivity (Wildman–Crippen MR) is 117 cm³/mol. The molecule has 28 heavy (non-hydrogen) atoms. The molecule has 136 valence electrons. The summed E-state index contributed by atoms with van der Waals surface area (Å²) in [5.74, 6) is 0.279. The van der Waals surface area contributed by atoms with Gasteiger partial charge in [-0.15, -0.1) is 0 Å². The molecular formula is C25H20N2O. The molecule has 1 N–H and O–H groups in total. The van der Waals surface area contributed by atoms with Crippen molar-refractivity contribution < 1.29 is 5.11 Å². The van der Waals surface area contributed by atoms with Gasteiger partial charge in [-0.05, 0) is 60.7 Å². The summed E-state index contributed by atoms with van der Waals surface area (Å²) in [7, 11) is 2.07. The molecule has 0 aliphatic carbocycles. The number of para-hydroxylation sites is 2. The van der Waals surface area contributed by atoms with Crippen molar-refractivity contribution in [2.75, 3.05) is 11.9 Å². The van der Waals surface area contributed by atoms with Crippen molar-refractivity contribution >= 4 is 33.2 Å². The van der Waals surface area contributed by atoms with E-state index >= 15 is 0 Å². The van der Waals surface area contributed by atoms with E-state index in [1.807, 2.05) is 48.5 Å². The number of phenols is 1. The van der Waals surface area contributed by atoms with Crippen LogP contribution < -0.4 is 4.90 Å². The van der Waals surface area contributed by atoms with Crippen molar-refractivity contribution in [3.05, 3.63) is 97.1 Å². The Labute approximate surface area is 163 Å². The molecule has 0 radical (unpaired) electrons. The number of phenolic OH excluding ortho intramolecular Hbond substituents is 1. The van der Waals surface area contributed by atoms with Crippen LogP contribution >= 0.6 is 0 Å². The van der Waals surface area contributed by atoms with Crippen LogP contribution in [0.3, 0.4) is 0 Å². The lowest BCUT2D eigenvalue weighted by molar-refractivity contribution is 0.476. The highest BCUT2D eigenvalue weighted by Crippen LogP contribution is 2.36. The molecule has 0 bridgehead atoms. The molecule has 0 aliphatic rings. The van der Waals surface area contributed by atoms with Crippen molar-refractivity contribution in [2.24, 2.45) is 0 Å². The van der Waals surface area contributed by atoms with Crippen molar-refractivity contribution in [1.29, 1.82) is 0 Å². The molecule has 0 saturated carbocycles. The summed E-state index contributed by atoms with van der Waals surface area (Å²) in [5.41, 5.74) is 5.55. The lowest BCUT2D eigenvalue weighted by atomic mass is 10.1. The van der Waals surface area contributed by atoms with Crippen LogP contribution in [0.4, 0.5) is 11.4 Å². The van der Waals surface area contributed by atoms with Crippen LogP contribution in [0.2, 0.25) is 0 Å². The summed E-state index contributed by atoms with van der Waals surface area (Å²) in [4.78, 5) is 2.17. The van der Waals surface area contributed by atoms with Gasteiger partial charge >= 0.3 is 0 Å². The number of aromatic hydroxyl groups is 1. The standard InChI is InChI=1S/C25H20N2O/c1-26(18-8-4-2-5-9-18)20-12-14-24-22(16-20)23-17-21(28)13-15-25(23)27(24)19-10-6-3-7-11-19/h2-17,28H,1H3. The molecule has 1 heterocycles. The normalized spacial score (nSPS) is 11.2. The molecule has 0 unspecified atom stereocenters. The van der Waals surface area contributed by atoms with Crippen molar-refractivity contribution in [1.82, 2.24) is 4.57 Å². The van der Waals surface area contributed by atoms with E-state index in [2.05, 4.69) is 59.0 Å². The third-order valence-corrected chi connectivity index (χ3v) is 5.28. The number of benzene rings is 4. The van der Waals surface area contributed by atoms with E-state index in [-0.39, 0.29) is 5.75 Å². The van der Waals surface area contributed by atoms with Crippen LogP contribution in [-0.4, -0.2) is 16.7 Å². The first kappa shape index (κ1) is 16.5. The Kier molecular flexibility index (Phi) is 3.80. The van der Waals surface area contributed by atoms with Gasteiger partial charge in [0.15, 0.2) is 0 Å². The van der Waals surface area contributed by atoms with E-state index in [1.54, 1.807) is 6.07 Å². The van der Waals surface area contributed by atoms with Gasteiger partial charge in [-0.3, -0.25) is 0 Å². The Hall–Kier alpha value is -3.72. The smallest absolute Gasteiger partial charge is 0.116 e. The zero-order valence-electron chi connectivity index (χ0n) is 15.6. The fraction of sp³-hybridized carbons (Fsp3) is 0.0400. The maximum atomic E-state index is 10.1. The highest BCUT2D eigenvalue weighted by Gasteiger charge is 2.14. The Bertz CT molecular complexity index is 1270. The highest BCUT2D eigenvalue weighted by molar-refractivity contribution is 6.10. The highest BCUT2D eigenvalue weighted by atomic mass is 16.3. The van der Waals surface area contributed by atoms with Gasteiger partial charge in [0.25, 0.3) is 0 Å². The van der Waals surface area contributed by atoms with Gasteiger partial charge in [0.2, 0.25) is 0 Å². The largest absolute Gasteiger partial charge is 0.508 e. The average Bonchev–Trinajstić information content (AvgIpc) is 3.07. The van der Waals surface area contributed by atoms with E-state index in [1.165, 1.54) is 0 Å². The Morgan fingerprint density at radius 2 is 1.25 bits per heavy atom. The molecule has 3 heteroatoms.